The van der Waals surface area contributed by atoms with E-state index < -0.39 is 0 Å². The summed E-state index contributed by atoms with van der Waals surface area (Å²) in [6, 6.07) is 14.8. The van der Waals surface area contributed by atoms with Crippen LogP contribution in [0.3, 0.4) is 0 Å². The molecule has 0 aliphatic heterocycles. The van der Waals surface area contributed by atoms with Crippen LogP contribution >= 0.6 is 0 Å². The van der Waals surface area contributed by atoms with E-state index in [4.69, 9.17) is 0 Å². The van der Waals surface area contributed by atoms with Gasteiger partial charge in [-0.15, -0.1) is 0 Å². The van der Waals surface area contributed by atoms with Gasteiger partial charge in [-0.25, -0.2) is 9.07 Å². The molecule has 0 fully saturated rings. The summed E-state index contributed by atoms with van der Waals surface area (Å²) in [4.78, 5) is 24.5. The summed E-state index contributed by atoms with van der Waals surface area (Å²) < 4.78 is 16.7. The van der Waals surface area contributed by atoms with Gasteiger partial charge in [-0.2, -0.15) is 10.2 Å². The third kappa shape index (κ3) is 6.13. The number of nitrogens with zero attached hydrogens (tertiary/aromatic N) is 4. The number of benzene rings is 2. The van der Waals surface area contributed by atoms with Gasteiger partial charge in [-0.3, -0.25) is 14.3 Å². The number of amides is 2. The number of carbonyl (C=O) groups excluding carboxylic acids is 2. The van der Waals surface area contributed by atoms with Gasteiger partial charge in [-0.05, 0) is 54.4 Å². The van der Waals surface area contributed by atoms with Crippen LogP contribution in [0.5, 0.6) is 0 Å². The molecule has 0 radical (unpaired) electrons. The lowest BCUT2D eigenvalue weighted by Crippen LogP contribution is -2.25. The van der Waals surface area contributed by atoms with Crippen molar-refractivity contribution in [2.24, 2.45) is 0 Å². The second kappa shape index (κ2) is 10.4. The number of hydrogen-bond acceptors (Lipinski definition) is 4. The quantitative estimate of drug-likeness (QED) is 0.386. The number of carbonyl (C=O) groups is 2. The van der Waals surface area contributed by atoms with Crippen LogP contribution in [0.2, 0.25) is 0 Å². The molecule has 0 aliphatic rings. The van der Waals surface area contributed by atoms with Gasteiger partial charge in [0.1, 0.15) is 5.82 Å². The highest BCUT2D eigenvalue weighted by molar-refractivity contribution is 5.94. The normalized spacial score (nSPS) is 10.7. The second-order valence-electron chi connectivity index (χ2n) is 7.45. The molecule has 33 heavy (non-hydrogen) atoms. The summed E-state index contributed by atoms with van der Waals surface area (Å²) in [5, 5.41) is 14.0. The fourth-order valence-corrected chi connectivity index (χ4v) is 3.31. The molecule has 0 bridgehead atoms. The largest absolute Gasteiger partial charge is 0.352 e. The summed E-state index contributed by atoms with van der Waals surface area (Å²) in [6.45, 7) is 1.30. The molecular weight excluding hydrogens is 423 g/mol. The van der Waals surface area contributed by atoms with Crippen LogP contribution in [0.1, 0.15) is 22.3 Å². The Bertz CT molecular complexity index is 1220. The lowest BCUT2D eigenvalue weighted by molar-refractivity contribution is -0.115. The zero-order valence-corrected chi connectivity index (χ0v) is 17.8. The van der Waals surface area contributed by atoms with E-state index in [1.165, 1.54) is 18.3 Å². The number of aromatic nitrogens is 4. The molecule has 2 N–H and O–H groups in total. The maximum absolute atomic E-state index is 13.3. The first kappa shape index (κ1) is 21.9. The summed E-state index contributed by atoms with van der Waals surface area (Å²) in [5.41, 5.74) is 2.41. The van der Waals surface area contributed by atoms with Gasteiger partial charge in [-0.1, -0.05) is 12.1 Å². The van der Waals surface area contributed by atoms with Gasteiger partial charge >= 0.3 is 0 Å². The Hall–Kier alpha value is -4.27. The van der Waals surface area contributed by atoms with Crippen molar-refractivity contribution in [3.8, 4) is 5.69 Å². The van der Waals surface area contributed by atoms with Crippen LogP contribution in [0.25, 0.3) is 5.69 Å². The number of nitrogens with one attached hydrogen (secondary N) is 2. The van der Waals surface area contributed by atoms with Crippen LogP contribution in [0, 0.1) is 5.82 Å². The highest BCUT2D eigenvalue weighted by Gasteiger charge is 2.09. The van der Waals surface area contributed by atoms with Gasteiger partial charge < -0.3 is 10.6 Å². The van der Waals surface area contributed by atoms with Gasteiger partial charge in [0.15, 0.2) is 0 Å². The van der Waals surface area contributed by atoms with Crippen LogP contribution in [-0.2, 0) is 17.8 Å². The number of aryl methyl sites for hydroxylation is 1. The molecule has 2 amide bonds. The third-order valence-electron chi connectivity index (χ3n) is 4.92. The van der Waals surface area contributed by atoms with Crippen molar-refractivity contribution in [3.05, 3.63) is 96.3 Å². The number of halogens is 1. The predicted molar refractivity (Wildman–Crippen MR) is 121 cm³/mol. The first-order valence-electron chi connectivity index (χ1n) is 10.5. The van der Waals surface area contributed by atoms with E-state index in [0.29, 0.717) is 23.4 Å². The Morgan fingerprint density at radius 2 is 1.88 bits per heavy atom. The Balaban J connectivity index is 1.28. The van der Waals surface area contributed by atoms with Crippen molar-refractivity contribution >= 4 is 17.5 Å². The minimum Gasteiger partial charge on any atom is -0.352 e. The third-order valence-corrected chi connectivity index (χ3v) is 4.92. The van der Waals surface area contributed by atoms with Crippen molar-refractivity contribution in [1.82, 2.24) is 24.9 Å². The molecular formula is C24H23FN6O2. The zero-order valence-electron chi connectivity index (χ0n) is 17.8. The minimum atomic E-state index is -0.375. The fourth-order valence-electron chi connectivity index (χ4n) is 3.31. The molecule has 0 saturated carbocycles. The Kier molecular flexibility index (Phi) is 6.89. The van der Waals surface area contributed by atoms with E-state index in [2.05, 4.69) is 20.8 Å². The second-order valence-corrected chi connectivity index (χ2v) is 7.45. The van der Waals surface area contributed by atoms with Crippen molar-refractivity contribution in [1.29, 1.82) is 0 Å². The number of anilines is 1. The Labute approximate surface area is 190 Å². The molecule has 8 nitrogen and oxygen atoms in total. The van der Waals surface area contributed by atoms with Crippen LogP contribution in [0.15, 0.2) is 79.4 Å². The van der Waals surface area contributed by atoms with Gasteiger partial charge in [0.25, 0.3) is 5.91 Å². The van der Waals surface area contributed by atoms with Crippen molar-refractivity contribution in [2.75, 3.05) is 11.9 Å². The number of hydrogen-bond donors (Lipinski definition) is 2. The molecule has 0 aliphatic carbocycles. The van der Waals surface area contributed by atoms with Crippen LogP contribution in [0.4, 0.5) is 10.1 Å². The summed E-state index contributed by atoms with van der Waals surface area (Å²) in [7, 11) is 0. The highest BCUT2D eigenvalue weighted by Crippen LogP contribution is 2.14. The van der Waals surface area contributed by atoms with Crippen LogP contribution in [-0.4, -0.2) is 37.9 Å². The first-order chi connectivity index (χ1) is 16.1. The molecule has 2 aromatic carbocycles. The molecule has 0 unspecified atom stereocenters. The van der Waals surface area contributed by atoms with E-state index in [9.17, 15) is 14.0 Å². The highest BCUT2D eigenvalue weighted by atomic mass is 19.1. The van der Waals surface area contributed by atoms with Gasteiger partial charge in [0.05, 0.1) is 30.2 Å². The molecule has 9 heteroatoms. The summed E-state index contributed by atoms with van der Waals surface area (Å²) in [5.74, 6) is -0.785. The van der Waals surface area contributed by atoms with E-state index >= 15 is 0 Å². The molecule has 0 saturated heterocycles. The SMILES string of the molecule is O=C(Cc1cccc(F)c1)Nc1cnn(-c2ccc(C(=O)NCCCn3cccn3)cc2)c1. The van der Waals surface area contributed by atoms with Gasteiger partial charge in [0, 0.05) is 31.0 Å². The molecule has 2 heterocycles. The van der Waals surface area contributed by atoms with E-state index in [1.807, 2.05) is 16.9 Å². The van der Waals surface area contributed by atoms with E-state index in [1.54, 1.807) is 53.5 Å². The lowest BCUT2D eigenvalue weighted by Gasteiger charge is -2.07. The predicted octanol–water partition coefficient (Wildman–Crippen LogP) is 3.21. The summed E-state index contributed by atoms with van der Waals surface area (Å²) >= 11 is 0. The fraction of sp³-hybridized carbons (Fsp3) is 0.167. The van der Waals surface area contributed by atoms with Crippen LogP contribution < -0.4 is 10.6 Å². The molecule has 0 atom stereocenters. The van der Waals surface area contributed by atoms with Crippen molar-refractivity contribution in [3.63, 3.8) is 0 Å². The summed E-state index contributed by atoms with van der Waals surface area (Å²) in [6.07, 6.45) is 7.67. The lowest BCUT2D eigenvalue weighted by atomic mass is 10.1. The first-order valence-corrected chi connectivity index (χ1v) is 10.5. The van der Waals surface area contributed by atoms with Crippen molar-refractivity contribution < 1.29 is 14.0 Å². The Morgan fingerprint density at radius 1 is 1.03 bits per heavy atom. The van der Waals surface area contributed by atoms with Gasteiger partial charge in [0.2, 0.25) is 5.91 Å². The molecule has 4 aromatic rings. The molecule has 2 aromatic heterocycles. The zero-order chi connectivity index (χ0) is 23.0. The average molecular weight is 446 g/mol. The average Bonchev–Trinajstić information content (AvgIpc) is 3.49. The number of rotatable bonds is 9. The maximum atomic E-state index is 13.3. The van der Waals surface area contributed by atoms with E-state index in [0.717, 1.165) is 18.7 Å². The molecule has 4 rings (SSSR count). The minimum absolute atomic E-state index is 0.0642. The maximum Gasteiger partial charge on any atom is 0.251 e. The Morgan fingerprint density at radius 3 is 2.64 bits per heavy atom. The molecule has 168 valence electrons. The smallest absolute Gasteiger partial charge is 0.251 e. The van der Waals surface area contributed by atoms with E-state index in [-0.39, 0.29) is 24.1 Å². The topological polar surface area (TPSA) is 93.8 Å². The molecule has 0 spiro atoms. The van der Waals surface area contributed by atoms with Crippen molar-refractivity contribution in [2.45, 2.75) is 19.4 Å². The monoisotopic (exact) mass is 446 g/mol. The standard InChI is InChI=1S/C24H23FN6O2/c25-20-5-1-4-18(14-20)15-23(32)29-21-16-28-31(17-21)22-8-6-19(7-9-22)24(33)26-10-2-12-30-13-3-11-27-30/h1,3-9,11,13-14,16-17H,2,10,12,15H2,(H,26,33)(H,29,32).